The molecule has 8 nitrogen and oxygen atoms in total. The van der Waals surface area contributed by atoms with E-state index in [2.05, 4.69) is 4.72 Å². The number of esters is 1. The van der Waals surface area contributed by atoms with E-state index in [4.69, 9.17) is 14.6 Å². The van der Waals surface area contributed by atoms with Crippen molar-refractivity contribution in [3.8, 4) is 5.75 Å². The van der Waals surface area contributed by atoms with Crippen LogP contribution in [0.4, 0.5) is 5.69 Å². The van der Waals surface area contributed by atoms with Crippen LogP contribution < -0.4 is 9.46 Å². The highest BCUT2D eigenvalue weighted by Crippen LogP contribution is 2.30. The number of hydrogen-bond donors (Lipinski definition) is 2. The zero-order valence-electron chi connectivity index (χ0n) is 16.2. The number of carbonyl (C=O) groups is 2. The predicted octanol–water partition coefficient (Wildman–Crippen LogP) is 3.52. The van der Waals surface area contributed by atoms with Gasteiger partial charge in [-0.25, -0.2) is 18.0 Å². The van der Waals surface area contributed by atoms with Crippen LogP contribution in [0.25, 0.3) is 10.8 Å². The molecule has 0 aromatic heterocycles. The average molecular weight is 429 g/mol. The van der Waals surface area contributed by atoms with Gasteiger partial charge in [0.05, 0.1) is 30.5 Å². The van der Waals surface area contributed by atoms with E-state index in [-0.39, 0.29) is 34.1 Å². The van der Waals surface area contributed by atoms with E-state index in [1.807, 2.05) is 0 Å². The maximum Gasteiger partial charge on any atom is 0.340 e. The number of carbonyl (C=O) groups excluding carboxylic acids is 1. The molecule has 3 rings (SSSR count). The van der Waals surface area contributed by atoms with Crippen molar-refractivity contribution in [3.05, 3.63) is 65.7 Å². The summed E-state index contributed by atoms with van der Waals surface area (Å²) >= 11 is 0. The van der Waals surface area contributed by atoms with Gasteiger partial charge in [-0.2, -0.15) is 0 Å². The van der Waals surface area contributed by atoms with E-state index in [1.165, 1.54) is 13.2 Å². The van der Waals surface area contributed by atoms with E-state index in [0.29, 0.717) is 0 Å². The van der Waals surface area contributed by atoms with Crippen molar-refractivity contribution in [3.63, 3.8) is 0 Å². The molecule has 0 saturated carbocycles. The number of carboxylic acid groups (broad SMARTS) is 1. The standard InChI is InChI=1S/C21H19NO7S/c1-3-29-21(25)16-10-13-6-4-5-7-14(13)11-17(16)22-30(26,27)19-9-8-15(20(23)24)12-18(19)28-2/h4-12,22H,3H2,1-2H3,(H,23,24). The second-order valence-corrected chi connectivity index (χ2v) is 7.89. The number of methoxy groups -OCH3 is 1. The summed E-state index contributed by atoms with van der Waals surface area (Å²) in [5.41, 5.74) is -0.0273. The van der Waals surface area contributed by atoms with Crippen LogP contribution in [0.15, 0.2) is 59.5 Å². The SMILES string of the molecule is CCOC(=O)c1cc2ccccc2cc1NS(=O)(=O)c1ccc(C(=O)O)cc1OC. The fourth-order valence-electron chi connectivity index (χ4n) is 2.92. The molecule has 3 aromatic carbocycles. The Morgan fingerprint density at radius 1 is 1.03 bits per heavy atom. The molecule has 0 radical (unpaired) electrons. The number of aromatic carboxylic acids is 1. The minimum Gasteiger partial charge on any atom is -0.495 e. The van der Waals surface area contributed by atoms with Crippen molar-refractivity contribution in [2.24, 2.45) is 0 Å². The third-order valence-corrected chi connectivity index (χ3v) is 5.73. The molecule has 0 aliphatic heterocycles. The normalized spacial score (nSPS) is 11.1. The summed E-state index contributed by atoms with van der Waals surface area (Å²) in [6, 6.07) is 13.7. The van der Waals surface area contributed by atoms with Crippen molar-refractivity contribution in [2.45, 2.75) is 11.8 Å². The smallest absolute Gasteiger partial charge is 0.340 e. The van der Waals surface area contributed by atoms with Crippen molar-refractivity contribution in [1.82, 2.24) is 0 Å². The molecule has 30 heavy (non-hydrogen) atoms. The molecule has 0 amide bonds. The monoisotopic (exact) mass is 429 g/mol. The van der Waals surface area contributed by atoms with Gasteiger partial charge in [-0.15, -0.1) is 0 Å². The second kappa shape index (κ2) is 8.42. The molecular formula is C21H19NO7S. The first-order chi connectivity index (χ1) is 14.3. The summed E-state index contributed by atoms with van der Waals surface area (Å²) in [6.45, 7) is 1.78. The van der Waals surface area contributed by atoms with Gasteiger partial charge in [0.1, 0.15) is 10.6 Å². The maximum atomic E-state index is 13.0. The summed E-state index contributed by atoms with van der Waals surface area (Å²) in [5.74, 6) is -2.03. The Morgan fingerprint density at radius 2 is 1.70 bits per heavy atom. The Balaban J connectivity index is 2.11. The highest BCUT2D eigenvalue weighted by atomic mass is 32.2. The quantitative estimate of drug-likeness (QED) is 0.552. The molecule has 156 valence electrons. The van der Waals surface area contributed by atoms with Gasteiger partial charge in [0.2, 0.25) is 0 Å². The molecule has 0 atom stereocenters. The van der Waals surface area contributed by atoms with Crippen LogP contribution >= 0.6 is 0 Å². The summed E-state index contributed by atoms with van der Waals surface area (Å²) in [7, 11) is -2.98. The van der Waals surface area contributed by atoms with Crippen molar-refractivity contribution in [1.29, 1.82) is 0 Å². The first-order valence-electron chi connectivity index (χ1n) is 8.91. The lowest BCUT2D eigenvalue weighted by Gasteiger charge is -2.15. The first-order valence-corrected chi connectivity index (χ1v) is 10.4. The highest BCUT2D eigenvalue weighted by Gasteiger charge is 2.24. The largest absolute Gasteiger partial charge is 0.495 e. The Kier molecular flexibility index (Phi) is 5.93. The van der Waals surface area contributed by atoms with Crippen LogP contribution in [-0.2, 0) is 14.8 Å². The van der Waals surface area contributed by atoms with Gasteiger partial charge in [0, 0.05) is 0 Å². The number of benzene rings is 3. The second-order valence-electron chi connectivity index (χ2n) is 6.24. The van der Waals surface area contributed by atoms with Gasteiger partial charge in [-0.05, 0) is 48.0 Å². The Bertz CT molecular complexity index is 1240. The van der Waals surface area contributed by atoms with Gasteiger partial charge in [-0.1, -0.05) is 24.3 Å². The van der Waals surface area contributed by atoms with Crippen LogP contribution in [0.1, 0.15) is 27.6 Å². The van der Waals surface area contributed by atoms with Crippen LogP contribution in [0, 0.1) is 0 Å². The van der Waals surface area contributed by atoms with Gasteiger partial charge in [0.15, 0.2) is 0 Å². The molecule has 3 aromatic rings. The fraction of sp³-hybridized carbons (Fsp3) is 0.143. The van der Waals surface area contributed by atoms with Gasteiger partial charge in [0.25, 0.3) is 10.0 Å². The number of anilines is 1. The van der Waals surface area contributed by atoms with Crippen LogP contribution in [-0.4, -0.2) is 39.2 Å². The first kappa shape index (κ1) is 21.1. The lowest BCUT2D eigenvalue weighted by molar-refractivity contribution is 0.0527. The summed E-state index contributed by atoms with van der Waals surface area (Å²) in [6.07, 6.45) is 0. The zero-order chi connectivity index (χ0) is 21.9. The number of carboxylic acids is 1. The van der Waals surface area contributed by atoms with E-state index < -0.39 is 22.0 Å². The van der Waals surface area contributed by atoms with E-state index in [9.17, 15) is 18.0 Å². The Morgan fingerprint density at radius 3 is 2.30 bits per heavy atom. The topological polar surface area (TPSA) is 119 Å². The Hall–Kier alpha value is -3.59. The molecule has 0 spiro atoms. The summed E-state index contributed by atoms with van der Waals surface area (Å²) < 4.78 is 38.6. The van der Waals surface area contributed by atoms with Crippen molar-refractivity contribution >= 4 is 38.4 Å². The molecule has 0 fully saturated rings. The van der Waals surface area contributed by atoms with E-state index in [1.54, 1.807) is 37.3 Å². The molecule has 9 heteroatoms. The van der Waals surface area contributed by atoms with Crippen molar-refractivity contribution < 1.29 is 32.6 Å². The number of sulfonamides is 1. The number of nitrogens with one attached hydrogen (secondary N) is 1. The number of hydrogen-bond acceptors (Lipinski definition) is 6. The third-order valence-electron chi connectivity index (χ3n) is 4.33. The average Bonchev–Trinajstić information content (AvgIpc) is 2.72. The lowest BCUT2D eigenvalue weighted by Crippen LogP contribution is -2.17. The predicted molar refractivity (Wildman–Crippen MR) is 111 cm³/mol. The molecule has 0 heterocycles. The van der Waals surface area contributed by atoms with Crippen LogP contribution in [0.5, 0.6) is 5.75 Å². The number of rotatable bonds is 7. The van der Waals surface area contributed by atoms with Crippen LogP contribution in [0.3, 0.4) is 0 Å². The number of fused-ring (bicyclic) bond motifs is 1. The minimum atomic E-state index is -4.21. The molecule has 0 saturated heterocycles. The fourth-order valence-corrected chi connectivity index (χ4v) is 4.15. The lowest BCUT2D eigenvalue weighted by atomic mass is 10.1. The zero-order valence-corrected chi connectivity index (χ0v) is 17.0. The summed E-state index contributed by atoms with van der Waals surface area (Å²) in [4.78, 5) is 23.3. The molecule has 2 N–H and O–H groups in total. The minimum absolute atomic E-state index is 0.0384. The van der Waals surface area contributed by atoms with E-state index in [0.717, 1.165) is 29.0 Å². The van der Waals surface area contributed by atoms with Gasteiger partial charge in [-0.3, -0.25) is 4.72 Å². The highest BCUT2D eigenvalue weighted by molar-refractivity contribution is 7.92. The maximum absolute atomic E-state index is 13.0. The van der Waals surface area contributed by atoms with Gasteiger partial charge < -0.3 is 14.6 Å². The van der Waals surface area contributed by atoms with Crippen LogP contribution in [0.2, 0.25) is 0 Å². The number of ether oxygens (including phenoxy) is 2. The third kappa shape index (κ3) is 4.20. The summed E-state index contributed by atoms with van der Waals surface area (Å²) in [5, 5.41) is 10.6. The molecular weight excluding hydrogens is 410 g/mol. The molecule has 0 unspecified atom stereocenters. The molecule has 0 bridgehead atoms. The molecule has 0 aliphatic carbocycles. The molecule has 0 aliphatic rings. The van der Waals surface area contributed by atoms with E-state index >= 15 is 0 Å². The van der Waals surface area contributed by atoms with Crippen molar-refractivity contribution in [2.75, 3.05) is 18.4 Å². The van der Waals surface area contributed by atoms with Gasteiger partial charge >= 0.3 is 11.9 Å². The Labute approximate surface area is 173 Å².